The van der Waals surface area contributed by atoms with Crippen molar-refractivity contribution in [3.63, 3.8) is 0 Å². The van der Waals surface area contributed by atoms with Gasteiger partial charge >= 0.3 is 0 Å². The minimum atomic E-state index is -0.289. The number of benzene rings is 2. The van der Waals surface area contributed by atoms with Gasteiger partial charge in [-0.2, -0.15) is 0 Å². The summed E-state index contributed by atoms with van der Waals surface area (Å²) in [6.07, 6.45) is 5.26. The first kappa shape index (κ1) is 28.1. The summed E-state index contributed by atoms with van der Waals surface area (Å²) in [6.45, 7) is 5.87. The van der Waals surface area contributed by atoms with Gasteiger partial charge in [0.1, 0.15) is 11.9 Å². The van der Waals surface area contributed by atoms with E-state index in [4.69, 9.17) is 4.74 Å². The molecule has 2 N–H and O–H groups in total. The molecular formula is C31H43N3O4. The van der Waals surface area contributed by atoms with Crippen LogP contribution in [0.25, 0.3) is 0 Å². The Hall–Kier alpha value is -2.90. The van der Waals surface area contributed by atoms with Crippen molar-refractivity contribution in [2.24, 2.45) is 11.8 Å². The van der Waals surface area contributed by atoms with Crippen LogP contribution >= 0.6 is 0 Å². The zero-order valence-electron chi connectivity index (χ0n) is 23.1. The highest BCUT2D eigenvalue weighted by Gasteiger charge is 2.31. The van der Waals surface area contributed by atoms with E-state index in [1.54, 1.807) is 4.90 Å². The molecule has 1 saturated carbocycles. The highest BCUT2D eigenvalue weighted by atomic mass is 16.5. The normalized spacial score (nSPS) is 21.6. The van der Waals surface area contributed by atoms with Gasteiger partial charge in [0.15, 0.2) is 0 Å². The number of hydrogen-bond acceptors (Lipinski definition) is 5. The SMILES string of the molecule is C[C@H]1CN([C@@H](C)CO)C(=O)Cc2cc(NC(=O)C3CCCCC3)ccc2O[C@H]1CN(C)Cc1ccccc1. The van der Waals surface area contributed by atoms with Crippen LogP contribution in [0.2, 0.25) is 0 Å². The first-order valence-corrected chi connectivity index (χ1v) is 14.1. The Kier molecular flexibility index (Phi) is 9.80. The molecule has 2 aromatic carbocycles. The lowest BCUT2D eigenvalue weighted by Crippen LogP contribution is -2.47. The van der Waals surface area contributed by atoms with Crippen LogP contribution in [-0.4, -0.2) is 65.6 Å². The minimum absolute atomic E-state index is 0.0442. The van der Waals surface area contributed by atoms with E-state index in [2.05, 4.69) is 36.3 Å². The van der Waals surface area contributed by atoms with Crippen LogP contribution in [-0.2, 0) is 22.6 Å². The van der Waals surface area contributed by atoms with Crippen molar-refractivity contribution in [3.8, 4) is 5.75 Å². The minimum Gasteiger partial charge on any atom is -0.488 e. The fraction of sp³-hybridized carbons (Fsp3) is 0.548. The summed E-state index contributed by atoms with van der Waals surface area (Å²) in [5.41, 5.74) is 2.69. The third kappa shape index (κ3) is 7.35. The van der Waals surface area contributed by atoms with Crippen molar-refractivity contribution < 1.29 is 19.4 Å². The Morgan fingerprint density at radius 1 is 1.16 bits per heavy atom. The van der Waals surface area contributed by atoms with E-state index in [1.165, 1.54) is 12.0 Å². The number of anilines is 1. The Morgan fingerprint density at radius 3 is 2.61 bits per heavy atom. The highest BCUT2D eigenvalue weighted by Crippen LogP contribution is 2.30. The first-order chi connectivity index (χ1) is 18.3. The standard InChI is InChI=1S/C31H43N3O4/c1-22-18-34(23(2)21-35)30(36)17-26-16-27(32-31(37)25-12-8-5-9-13-25)14-15-28(26)38-29(22)20-33(3)19-24-10-6-4-7-11-24/h4,6-7,10-11,14-16,22-23,25,29,35H,5,8-9,12-13,17-21H2,1-3H3,(H,32,37)/t22-,23-,29-/m0/s1. The smallest absolute Gasteiger partial charge is 0.227 e. The van der Waals surface area contributed by atoms with Gasteiger partial charge in [0.25, 0.3) is 0 Å². The van der Waals surface area contributed by atoms with Crippen molar-refractivity contribution in [2.75, 3.05) is 32.1 Å². The van der Waals surface area contributed by atoms with E-state index < -0.39 is 0 Å². The van der Waals surface area contributed by atoms with E-state index in [0.29, 0.717) is 24.5 Å². The molecule has 0 unspecified atom stereocenters. The van der Waals surface area contributed by atoms with Crippen LogP contribution in [0.4, 0.5) is 5.69 Å². The average molecular weight is 522 g/mol. The topological polar surface area (TPSA) is 82.1 Å². The molecule has 38 heavy (non-hydrogen) atoms. The zero-order valence-corrected chi connectivity index (χ0v) is 23.1. The molecule has 7 heteroatoms. The molecule has 0 bridgehead atoms. The van der Waals surface area contributed by atoms with Crippen molar-refractivity contribution in [1.82, 2.24) is 9.80 Å². The highest BCUT2D eigenvalue weighted by molar-refractivity contribution is 5.93. The summed E-state index contributed by atoms with van der Waals surface area (Å²) >= 11 is 0. The summed E-state index contributed by atoms with van der Waals surface area (Å²) in [7, 11) is 2.08. The van der Waals surface area contributed by atoms with Crippen molar-refractivity contribution in [2.45, 2.75) is 71.1 Å². The number of likely N-dealkylation sites (N-methyl/N-ethyl adjacent to an activating group) is 1. The van der Waals surface area contributed by atoms with Gasteiger partial charge in [-0.15, -0.1) is 0 Å². The predicted octanol–water partition coefficient (Wildman–Crippen LogP) is 4.49. The molecule has 2 amide bonds. The van der Waals surface area contributed by atoms with Gasteiger partial charge in [0.05, 0.1) is 19.1 Å². The number of amides is 2. The summed E-state index contributed by atoms with van der Waals surface area (Å²) < 4.78 is 6.63. The summed E-state index contributed by atoms with van der Waals surface area (Å²) in [6, 6.07) is 15.7. The van der Waals surface area contributed by atoms with Crippen molar-refractivity contribution in [3.05, 3.63) is 59.7 Å². The van der Waals surface area contributed by atoms with E-state index in [9.17, 15) is 14.7 Å². The number of carbonyl (C=O) groups excluding carboxylic acids is 2. The zero-order chi connectivity index (χ0) is 27.1. The van der Waals surface area contributed by atoms with Crippen LogP contribution in [0.15, 0.2) is 48.5 Å². The number of ether oxygens (including phenoxy) is 1. The molecule has 4 rings (SSSR count). The van der Waals surface area contributed by atoms with Gasteiger partial charge in [-0.1, -0.05) is 56.5 Å². The number of rotatable bonds is 8. The molecule has 206 valence electrons. The summed E-state index contributed by atoms with van der Waals surface area (Å²) in [4.78, 5) is 30.3. The monoisotopic (exact) mass is 521 g/mol. The molecule has 3 atom stereocenters. The second kappa shape index (κ2) is 13.3. The fourth-order valence-electron chi connectivity index (χ4n) is 5.60. The number of aliphatic hydroxyl groups is 1. The summed E-state index contributed by atoms with van der Waals surface area (Å²) in [5, 5.41) is 13.0. The first-order valence-electron chi connectivity index (χ1n) is 14.1. The van der Waals surface area contributed by atoms with Gasteiger partial charge in [0, 0.05) is 42.7 Å². The molecule has 1 aliphatic heterocycles. The van der Waals surface area contributed by atoms with Crippen molar-refractivity contribution >= 4 is 17.5 Å². The third-order valence-corrected chi connectivity index (χ3v) is 7.95. The van der Waals surface area contributed by atoms with Gasteiger partial charge < -0.3 is 20.1 Å². The van der Waals surface area contributed by atoms with Crippen LogP contribution in [0.1, 0.15) is 57.1 Å². The van der Waals surface area contributed by atoms with Crippen LogP contribution in [0.5, 0.6) is 5.75 Å². The molecule has 0 aromatic heterocycles. The van der Waals surface area contributed by atoms with Gasteiger partial charge in [0.2, 0.25) is 11.8 Å². The molecule has 1 heterocycles. The summed E-state index contributed by atoms with van der Waals surface area (Å²) in [5.74, 6) is 0.792. The predicted molar refractivity (Wildman–Crippen MR) is 150 cm³/mol. The van der Waals surface area contributed by atoms with Gasteiger partial charge in [-0.25, -0.2) is 0 Å². The lowest BCUT2D eigenvalue weighted by atomic mass is 9.88. The Bertz CT molecular complexity index is 1070. The second-order valence-electron chi connectivity index (χ2n) is 11.2. The average Bonchev–Trinajstić information content (AvgIpc) is 2.97. The van der Waals surface area contributed by atoms with Crippen LogP contribution in [0, 0.1) is 11.8 Å². The number of carbonyl (C=O) groups is 2. The molecule has 1 aliphatic carbocycles. The largest absolute Gasteiger partial charge is 0.488 e. The van der Waals surface area contributed by atoms with Gasteiger partial charge in [-0.05, 0) is 50.6 Å². The number of nitrogens with one attached hydrogen (secondary N) is 1. The molecule has 7 nitrogen and oxygen atoms in total. The van der Waals surface area contributed by atoms with E-state index in [0.717, 1.165) is 37.8 Å². The van der Waals surface area contributed by atoms with Crippen molar-refractivity contribution in [1.29, 1.82) is 0 Å². The fourth-order valence-corrected chi connectivity index (χ4v) is 5.60. The number of hydrogen-bond donors (Lipinski definition) is 2. The van der Waals surface area contributed by atoms with Crippen LogP contribution < -0.4 is 10.1 Å². The lowest BCUT2D eigenvalue weighted by molar-refractivity contribution is -0.134. The Labute approximate surface area is 227 Å². The molecule has 0 saturated heterocycles. The number of aliphatic hydroxyl groups excluding tert-OH is 1. The maximum Gasteiger partial charge on any atom is 0.227 e. The molecule has 2 aromatic rings. The number of fused-ring (bicyclic) bond motifs is 1. The Morgan fingerprint density at radius 2 is 1.89 bits per heavy atom. The quantitative estimate of drug-likeness (QED) is 0.535. The molecule has 0 radical (unpaired) electrons. The van der Waals surface area contributed by atoms with E-state index in [-0.39, 0.29) is 48.8 Å². The van der Waals surface area contributed by atoms with E-state index in [1.807, 2.05) is 43.3 Å². The molecular weight excluding hydrogens is 478 g/mol. The second-order valence-corrected chi connectivity index (χ2v) is 11.2. The van der Waals surface area contributed by atoms with Gasteiger partial charge in [-0.3, -0.25) is 14.5 Å². The Balaban J connectivity index is 1.57. The lowest BCUT2D eigenvalue weighted by Gasteiger charge is -2.34. The number of nitrogens with zero attached hydrogens (tertiary/aromatic N) is 2. The molecule has 1 fully saturated rings. The maximum absolute atomic E-state index is 13.4. The third-order valence-electron chi connectivity index (χ3n) is 7.95. The maximum atomic E-state index is 13.4. The molecule has 2 aliphatic rings. The molecule has 0 spiro atoms. The van der Waals surface area contributed by atoms with E-state index >= 15 is 0 Å². The van der Waals surface area contributed by atoms with Crippen LogP contribution in [0.3, 0.4) is 0 Å².